The molecule has 0 unspecified atom stereocenters. The topological polar surface area (TPSA) is 85.8 Å². The second-order valence-corrected chi connectivity index (χ2v) is 4.76. The maximum absolute atomic E-state index is 12.4. The summed E-state index contributed by atoms with van der Waals surface area (Å²) in [6.07, 6.45) is 1.70. The molecule has 3 rings (SSSR count). The molecule has 0 aliphatic rings. The molecule has 0 bridgehead atoms. The molecule has 3 aromatic rings. The van der Waals surface area contributed by atoms with Crippen LogP contribution in [0.4, 0.5) is 11.6 Å². The number of pyridine rings is 1. The minimum absolute atomic E-state index is 0.123. The SMILES string of the molecule is CNc1nc(-c2ccc(N)cc2)c2c(=O)n(C)ccc2n1. The number of nitrogens with one attached hydrogen (secondary N) is 1. The third-order valence-corrected chi connectivity index (χ3v) is 3.33. The Labute approximate surface area is 121 Å². The molecule has 0 aliphatic heterocycles. The Bertz CT molecular complexity index is 868. The predicted octanol–water partition coefficient (Wildman–Crippen LogP) is 1.62. The van der Waals surface area contributed by atoms with E-state index in [1.165, 1.54) is 4.57 Å². The van der Waals surface area contributed by atoms with Crippen molar-refractivity contribution in [1.82, 2.24) is 14.5 Å². The Morgan fingerprint density at radius 3 is 2.52 bits per heavy atom. The molecule has 0 amide bonds. The maximum atomic E-state index is 12.4. The van der Waals surface area contributed by atoms with Crippen molar-refractivity contribution in [2.75, 3.05) is 18.1 Å². The molecule has 0 fully saturated rings. The number of nitrogens with zero attached hydrogens (tertiary/aromatic N) is 3. The lowest BCUT2D eigenvalue weighted by molar-refractivity contribution is 0.871. The van der Waals surface area contributed by atoms with Gasteiger partial charge in [-0.3, -0.25) is 4.79 Å². The van der Waals surface area contributed by atoms with E-state index in [2.05, 4.69) is 15.3 Å². The van der Waals surface area contributed by atoms with Gasteiger partial charge in [-0.05, 0) is 18.2 Å². The normalized spacial score (nSPS) is 10.8. The molecular formula is C15H15N5O. The van der Waals surface area contributed by atoms with E-state index in [0.29, 0.717) is 28.2 Å². The minimum atomic E-state index is -0.123. The summed E-state index contributed by atoms with van der Waals surface area (Å²) in [5.41, 5.74) is 8.31. The van der Waals surface area contributed by atoms with Crippen molar-refractivity contribution in [2.24, 2.45) is 7.05 Å². The number of aryl methyl sites for hydroxylation is 1. The van der Waals surface area contributed by atoms with Crippen LogP contribution in [0.25, 0.3) is 22.2 Å². The van der Waals surface area contributed by atoms with Gasteiger partial charge in [0.05, 0.1) is 16.6 Å². The number of aromatic nitrogens is 3. The summed E-state index contributed by atoms with van der Waals surface area (Å²) in [6.45, 7) is 0. The van der Waals surface area contributed by atoms with Crippen LogP contribution in [0.2, 0.25) is 0 Å². The summed E-state index contributed by atoms with van der Waals surface area (Å²) in [5, 5.41) is 3.42. The first-order chi connectivity index (χ1) is 10.1. The van der Waals surface area contributed by atoms with Gasteiger partial charge in [0, 0.05) is 31.5 Å². The van der Waals surface area contributed by atoms with Gasteiger partial charge < -0.3 is 15.6 Å². The Balaban J connectivity index is 2.41. The van der Waals surface area contributed by atoms with E-state index in [1.807, 2.05) is 12.1 Å². The molecule has 6 nitrogen and oxygen atoms in total. The van der Waals surface area contributed by atoms with Gasteiger partial charge in [0.25, 0.3) is 5.56 Å². The fourth-order valence-corrected chi connectivity index (χ4v) is 2.20. The van der Waals surface area contributed by atoms with Crippen molar-refractivity contribution < 1.29 is 0 Å². The van der Waals surface area contributed by atoms with Gasteiger partial charge in [-0.25, -0.2) is 9.97 Å². The van der Waals surface area contributed by atoms with Crippen LogP contribution in [0.15, 0.2) is 41.3 Å². The Morgan fingerprint density at radius 2 is 1.86 bits per heavy atom. The lowest BCUT2D eigenvalue weighted by Crippen LogP contribution is -2.17. The van der Waals surface area contributed by atoms with Crippen LogP contribution in [-0.2, 0) is 7.05 Å². The molecule has 21 heavy (non-hydrogen) atoms. The molecule has 0 saturated carbocycles. The number of nitrogen functional groups attached to an aromatic ring is 1. The van der Waals surface area contributed by atoms with Crippen LogP contribution in [0.5, 0.6) is 0 Å². The van der Waals surface area contributed by atoms with Gasteiger partial charge >= 0.3 is 0 Å². The fraction of sp³-hybridized carbons (Fsp3) is 0.133. The molecule has 0 aliphatic carbocycles. The first-order valence-corrected chi connectivity index (χ1v) is 6.51. The molecule has 0 atom stereocenters. The number of nitrogens with two attached hydrogens (primary N) is 1. The van der Waals surface area contributed by atoms with Crippen LogP contribution in [0.1, 0.15) is 0 Å². The van der Waals surface area contributed by atoms with Crippen molar-refractivity contribution in [3.05, 3.63) is 46.9 Å². The highest BCUT2D eigenvalue weighted by Crippen LogP contribution is 2.25. The quantitative estimate of drug-likeness (QED) is 0.697. The highest BCUT2D eigenvalue weighted by atomic mass is 16.1. The minimum Gasteiger partial charge on any atom is -0.399 e. The number of benzene rings is 1. The van der Waals surface area contributed by atoms with Crippen molar-refractivity contribution in [1.29, 1.82) is 0 Å². The molecule has 0 saturated heterocycles. The molecule has 106 valence electrons. The first-order valence-electron chi connectivity index (χ1n) is 6.51. The number of hydrogen-bond donors (Lipinski definition) is 2. The highest BCUT2D eigenvalue weighted by Gasteiger charge is 2.13. The number of rotatable bonds is 2. The Hall–Kier alpha value is -2.89. The van der Waals surface area contributed by atoms with Crippen molar-refractivity contribution >= 4 is 22.5 Å². The molecule has 1 aromatic carbocycles. The largest absolute Gasteiger partial charge is 0.399 e. The summed E-state index contributed by atoms with van der Waals surface area (Å²) in [6, 6.07) is 9.08. The van der Waals surface area contributed by atoms with E-state index in [0.717, 1.165) is 5.56 Å². The second-order valence-electron chi connectivity index (χ2n) is 4.76. The zero-order valence-corrected chi connectivity index (χ0v) is 11.8. The predicted molar refractivity (Wildman–Crippen MR) is 84.2 cm³/mol. The Kier molecular flexibility index (Phi) is 3.06. The van der Waals surface area contributed by atoms with E-state index in [1.54, 1.807) is 38.5 Å². The summed E-state index contributed by atoms with van der Waals surface area (Å²) in [7, 11) is 3.45. The average Bonchev–Trinajstić information content (AvgIpc) is 2.50. The third-order valence-electron chi connectivity index (χ3n) is 3.33. The van der Waals surface area contributed by atoms with Gasteiger partial charge in [-0.15, -0.1) is 0 Å². The van der Waals surface area contributed by atoms with Gasteiger partial charge in [0.1, 0.15) is 0 Å². The standard InChI is InChI=1S/C15H15N5O/c1-17-15-18-11-7-8-20(2)14(21)12(11)13(19-15)9-3-5-10(16)6-4-9/h3-8H,16H2,1-2H3,(H,17,18,19). The maximum Gasteiger partial charge on any atom is 0.261 e. The van der Waals surface area contributed by atoms with Crippen LogP contribution in [-0.4, -0.2) is 21.6 Å². The number of hydrogen-bond acceptors (Lipinski definition) is 5. The van der Waals surface area contributed by atoms with Gasteiger partial charge in [0.2, 0.25) is 5.95 Å². The number of fused-ring (bicyclic) bond motifs is 1. The zero-order chi connectivity index (χ0) is 15.0. The van der Waals surface area contributed by atoms with Gasteiger partial charge in [-0.1, -0.05) is 12.1 Å². The summed E-state index contributed by atoms with van der Waals surface area (Å²) in [5.74, 6) is 0.475. The van der Waals surface area contributed by atoms with Crippen LogP contribution in [0.3, 0.4) is 0 Å². The smallest absolute Gasteiger partial charge is 0.261 e. The molecule has 0 spiro atoms. The highest BCUT2D eigenvalue weighted by molar-refractivity contribution is 5.92. The molecule has 2 aromatic heterocycles. The van der Waals surface area contributed by atoms with Crippen LogP contribution < -0.4 is 16.6 Å². The monoisotopic (exact) mass is 281 g/mol. The van der Waals surface area contributed by atoms with E-state index < -0.39 is 0 Å². The van der Waals surface area contributed by atoms with E-state index in [9.17, 15) is 4.79 Å². The molecule has 2 heterocycles. The van der Waals surface area contributed by atoms with Gasteiger partial charge in [0.15, 0.2) is 0 Å². The third kappa shape index (κ3) is 2.20. The Morgan fingerprint density at radius 1 is 1.14 bits per heavy atom. The summed E-state index contributed by atoms with van der Waals surface area (Å²) < 4.78 is 1.52. The zero-order valence-electron chi connectivity index (χ0n) is 11.8. The molecular weight excluding hydrogens is 266 g/mol. The van der Waals surface area contributed by atoms with E-state index >= 15 is 0 Å². The van der Waals surface area contributed by atoms with Crippen molar-refractivity contribution in [2.45, 2.75) is 0 Å². The van der Waals surface area contributed by atoms with Crippen LogP contribution in [0, 0.1) is 0 Å². The fourth-order valence-electron chi connectivity index (χ4n) is 2.20. The van der Waals surface area contributed by atoms with Crippen molar-refractivity contribution in [3.8, 4) is 11.3 Å². The molecule has 6 heteroatoms. The molecule has 0 radical (unpaired) electrons. The van der Waals surface area contributed by atoms with E-state index in [4.69, 9.17) is 5.73 Å². The first kappa shape index (κ1) is 13.1. The number of anilines is 2. The van der Waals surface area contributed by atoms with E-state index in [-0.39, 0.29) is 5.56 Å². The lowest BCUT2D eigenvalue weighted by atomic mass is 10.1. The van der Waals surface area contributed by atoms with Crippen molar-refractivity contribution in [3.63, 3.8) is 0 Å². The molecule has 3 N–H and O–H groups in total. The summed E-state index contributed by atoms with van der Waals surface area (Å²) >= 11 is 0. The average molecular weight is 281 g/mol. The van der Waals surface area contributed by atoms with Gasteiger partial charge in [-0.2, -0.15) is 0 Å². The second kappa shape index (κ2) is 4.90. The van der Waals surface area contributed by atoms with Crippen LogP contribution >= 0.6 is 0 Å². The lowest BCUT2D eigenvalue weighted by Gasteiger charge is -2.09. The summed E-state index contributed by atoms with van der Waals surface area (Å²) in [4.78, 5) is 21.2.